The molecule has 0 heterocycles. The fourth-order valence-electron chi connectivity index (χ4n) is 3.67. The van der Waals surface area contributed by atoms with E-state index in [1.165, 1.54) is 12.3 Å². The van der Waals surface area contributed by atoms with Crippen LogP contribution in [-0.2, 0) is 4.79 Å². The number of hydrogen-bond donors (Lipinski definition) is 3. The van der Waals surface area contributed by atoms with Crippen molar-refractivity contribution in [1.29, 1.82) is 10.7 Å². The van der Waals surface area contributed by atoms with E-state index >= 15 is 0 Å². The largest absolute Gasteiger partial charge is 0.478 e. The Bertz CT molecular complexity index is 1320. The van der Waals surface area contributed by atoms with Crippen molar-refractivity contribution in [1.82, 2.24) is 0 Å². The van der Waals surface area contributed by atoms with E-state index in [1.54, 1.807) is 18.2 Å². The molecule has 164 valence electrons. The van der Waals surface area contributed by atoms with Crippen molar-refractivity contribution in [2.75, 3.05) is 5.73 Å². The molecule has 0 spiro atoms. The fraction of sp³-hybridized carbons (Fsp3) is 0.0741. The summed E-state index contributed by atoms with van der Waals surface area (Å²) in [4.78, 5) is 10.8. The van der Waals surface area contributed by atoms with Crippen molar-refractivity contribution >= 4 is 46.7 Å². The molecule has 3 aromatic carbocycles. The van der Waals surface area contributed by atoms with Crippen LogP contribution in [0.1, 0.15) is 46.7 Å². The van der Waals surface area contributed by atoms with Crippen LogP contribution < -0.4 is 5.73 Å². The van der Waals surface area contributed by atoms with E-state index in [-0.39, 0.29) is 0 Å². The Morgan fingerprint density at radius 2 is 1.82 bits per heavy atom. The summed E-state index contributed by atoms with van der Waals surface area (Å²) in [5, 5.41) is 26.8. The summed E-state index contributed by atoms with van der Waals surface area (Å²) < 4.78 is 0. The molecule has 0 amide bonds. The number of halogens is 1. The molecule has 3 rings (SSSR count). The predicted octanol–water partition coefficient (Wildman–Crippen LogP) is 6.26. The zero-order valence-corrected chi connectivity index (χ0v) is 18.7. The highest BCUT2D eigenvalue weighted by Gasteiger charge is 2.17. The van der Waals surface area contributed by atoms with Gasteiger partial charge in [-0.05, 0) is 70.2 Å². The maximum atomic E-state index is 10.8. The van der Waals surface area contributed by atoms with Gasteiger partial charge in [-0.3, -0.25) is 0 Å². The predicted molar refractivity (Wildman–Crippen MR) is 134 cm³/mol. The van der Waals surface area contributed by atoms with Crippen molar-refractivity contribution in [3.8, 4) is 6.07 Å². The number of nitrogens with zero attached hydrogens (tertiary/aromatic N) is 1. The molecule has 33 heavy (non-hydrogen) atoms. The number of rotatable bonds is 7. The van der Waals surface area contributed by atoms with Crippen molar-refractivity contribution < 1.29 is 9.90 Å². The number of nitrogens with two attached hydrogens (primary N) is 1. The second-order valence-electron chi connectivity index (χ2n) is 7.29. The van der Waals surface area contributed by atoms with Gasteiger partial charge in [0.05, 0.1) is 11.6 Å². The number of anilines is 1. The Balaban J connectivity index is 2.31. The Morgan fingerprint density at radius 1 is 1.12 bits per heavy atom. The van der Waals surface area contributed by atoms with Crippen molar-refractivity contribution in [3.05, 3.63) is 105 Å². The standard InChI is InChI=1S/C27H22ClN3O2/c1-2-23(24-10-9-22(28)14-20(24)15-29)27(19-8-11-25(31)21(13-19)16-30)18-6-3-17(4-7-18)5-12-26(32)33/h3-14,16,30H,2,31H2,1H3,(H,32,33)/b12-5+,27-23+,30-16?. The van der Waals surface area contributed by atoms with Crippen LogP contribution in [0.4, 0.5) is 5.69 Å². The van der Waals surface area contributed by atoms with Gasteiger partial charge in [-0.1, -0.05) is 54.9 Å². The smallest absolute Gasteiger partial charge is 0.328 e. The van der Waals surface area contributed by atoms with Crippen molar-refractivity contribution in [2.24, 2.45) is 0 Å². The molecule has 6 heteroatoms. The van der Waals surface area contributed by atoms with E-state index in [9.17, 15) is 10.1 Å². The maximum absolute atomic E-state index is 10.8. The van der Waals surface area contributed by atoms with Gasteiger partial charge in [0.15, 0.2) is 0 Å². The van der Waals surface area contributed by atoms with Gasteiger partial charge in [-0.2, -0.15) is 5.26 Å². The average molecular weight is 456 g/mol. The number of nitriles is 1. The molecule has 0 radical (unpaired) electrons. The quantitative estimate of drug-likeness (QED) is 0.169. The van der Waals surface area contributed by atoms with Crippen molar-refractivity contribution in [3.63, 3.8) is 0 Å². The minimum absolute atomic E-state index is 0.473. The molecule has 0 saturated carbocycles. The highest BCUT2D eigenvalue weighted by atomic mass is 35.5. The number of nitrogen functional groups attached to an aromatic ring is 1. The van der Waals surface area contributed by atoms with Gasteiger partial charge >= 0.3 is 5.97 Å². The number of carboxylic acids is 1. The molecule has 0 aliphatic carbocycles. The molecule has 5 nitrogen and oxygen atoms in total. The minimum atomic E-state index is -1.01. The van der Waals surface area contributed by atoms with Crippen LogP contribution >= 0.6 is 11.6 Å². The molecule has 0 fully saturated rings. The van der Waals surface area contributed by atoms with E-state index in [2.05, 4.69) is 6.07 Å². The fourth-order valence-corrected chi connectivity index (χ4v) is 3.84. The van der Waals surface area contributed by atoms with E-state index in [4.69, 9.17) is 27.9 Å². The van der Waals surface area contributed by atoms with Crippen LogP contribution in [0.15, 0.2) is 66.7 Å². The van der Waals surface area contributed by atoms with Gasteiger partial charge < -0.3 is 16.2 Å². The first-order valence-electron chi connectivity index (χ1n) is 10.2. The van der Waals surface area contributed by atoms with Crippen LogP contribution in [0.2, 0.25) is 5.02 Å². The van der Waals surface area contributed by atoms with E-state index in [1.807, 2.05) is 49.4 Å². The van der Waals surface area contributed by atoms with E-state index in [0.717, 1.165) is 39.5 Å². The summed E-state index contributed by atoms with van der Waals surface area (Å²) in [5.41, 5.74) is 12.7. The first-order chi connectivity index (χ1) is 15.9. The third kappa shape index (κ3) is 5.38. The number of carboxylic acid groups (broad SMARTS) is 1. The SMILES string of the molecule is CC/C(=C(/c1ccc(/C=C/C(=O)O)cc1)c1ccc(N)c(C=N)c1)c1ccc(Cl)cc1C#N. The highest BCUT2D eigenvalue weighted by molar-refractivity contribution is 6.30. The number of nitrogens with one attached hydrogen (secondary N) is 1. The second-order valence-corrected chi connectivity index (χ2v) is 7.73. The second kappa shape index (κ2) is 10.4. The first-order valence-corrected chi connectivity index (χ1v) is 10.6. The van der Waals surface area contributed by atoms with Crippen LogP contribution in [-0.4, -0.2) is 17.3 Å². The summed E-state index contributed by atoms with van der Waals surface area (Å²) in [7, 11) is 0. The summed E-state index contributed by atoms with van der Waals surface area (Å²) in [5.74, 6) is -1.01. The highest BCUT2D eigenvalue weighted by Crippen LogP contribution is 2.37. The van der Waals surface area contributed by atoms with Gasteiger partial charge in [0, 0.05) is 28.6 Å². The number of benzene rings is 3. The molecule has 0 unspecified atom stereocenters. The average Bonchev–Trinajstić information content (AvgIpc) is 2.82. The first kappa shape index (κ1) is 23.5. The third-order valence-corrected chi connectivity index (χ3v) is 5.47. The monoisotopic (exact) mass is 455 g/mol. The number of aliphatic carboxylic acids is 1. The Labute approximate surface area is 197 Å². The Morgan fingerprint density at radius 3 is 2.42 bits per heavy atom. The number of allylic oxidation sites excluding steroid dienone is 1. The van der Waals surface area contributed by atoms with Gasteiger partial charge in [-0.25, -0.2) is 4.79 Å². The molecule has 3 aromatic rings. The lowest BCUT2D eigenvalue weighted by molar-refractivity contribution is -0.131. The summed E-state index contributed by atoms with van der Waals surface area (Å²) in [6.07, 6.45) is 4.47. The zero-order chi connectivity index (χ0) is 24.0. The molecular weight excluding hydrogens is 434 g/mol. The molecule has 4 N–H and O–H groups in total. The van der Waals surface area contributed by atoms with Crippen LogP contribution in [0.25, 0.3) is 17.2 Å². The Hall–Kier alpha value is -4.14. The molecule has 0 atom stereocenters. The maximum Gasteiger partial charge on any atom is 0.328 e. The van der Waals surface area contributed by atoms with Gasteiger partial charge in [0.25, 0.3) is 0 Å². The summed E-state index contributed by atoms with van der Waals surface area (Å²) >= 11 is 6.13. The molecule has 0 bridgehead atoms. The molecule has 0 saturated heterocycles. The lowest BCUT2D eigenvalue weighted by atomic mass is 9.86. The Kier molecular flexibility index (Phi) is 7.45. The lowest BCUT2D eigenvalue weighted by Gasteiger charge is -2.18. The number of hydrogen-bond acceptors (Lipinski definition) is 4. The molecular formula is C27H22ClN3O2. The molecule has 0 aromatic heterocycles. The van der Waals surface area contributed by atoms with Crippen LogP contribution in [0.3, 0.4) is 0 Å². The van der Waals surface area contributed by atoms with E-state index < -0.39 is 5.97 Å². The van der Waals surface area contributed by atoms with Crippen molar-refractivity contribution in [2.45, 2.75) is 13.3 Å². The number of carbonyl (C=O) groups is 1. The molecule has 0 aliphatic heterocycles. The lowest BCUT2D eigenvalue weighted by Crippen LogP contribution is -2.00. The van der Waals surface area contributed by atoms with Crippen LogP contribution in [0, 0.1) is 16.7 Å². The topological polar surface area (TPSA) is 111 Å². The van der Waals surface area contributed by atoms with Gasteiger partial charge in [0.2, 0.25) is 0 Å². The van der Waals surface area contributed by atoms with Crippen LogP contribution in [0.5, 0.6) is 0 Å². The summed E-state index contributed by atoms with van der Waals surface area (Å²) in [6.45, 7) is 2.02. The zero-order valence-electron chi connectivity index (χ0n) is 18.0. The van der Waals surface area contributed by atoms with Gasteiger partial charge in [-0.15, -0.1) is 0 Å². The third-order valence-electron chi connectivity index (χ3n) is 5.23. The molecule has 0 aliphatic rings. The normalized spacial score (nSPS) is 11.7. The van der Waals surface area contributed by atoms with E-state index in [0.29, 0.717) is 28.3 Å². The summed E-state index contributed by atoms with van der Waals surface area (Å²) in [6, 6.07) is 20.5. The van der Waals surface area contributed by atoms with Gasteiger partial charge in [0.1, 0.15) is 0 Å². The minimum Gasteiger partial charge on any atom is -0.478 e.